The number of carbonyl (C=O) groups excluding carboxylic acids is 2. The summed E-state index contributed by atoms with van der Waals surface area (Å²) in [6.45, 7) is 3.27. The minimum Gasteiger partial charge on any atom is -0.367 e. The Hall–Kier alpha value is -0.900. The smallest absolute Gasteiger partial charge is 0.254 e. The summed E-state index contributed by atoms with van der Waals surface area (Å²) in [7, 11) is 0. The van der Waals surface area contributed by atoms with Gasteiger partial charge in [0.25, 0.3) is 5.91 Å². The second-order valence-corrected chi connectivity index (χ2v) is 1.85. The predicted octanol–water partition coefficient (Wildman–Crippen LogP) is -0.534. The number of carbonyl (C=O) groups is 2. The zero-order valence-electron chi connectivity index (χ0n) is 6.09. The van der Waals surface area contributed by atoms with E-state index in [1.165, 1.54) is 6.92 Å². The first-order chi connectivity index (χ1) is 4.59. The van der Waals surface area contributed by atoms with Gasteiger partial charge in [-0.1, -0.05) is 0 Å². The van der Waals surface area contributed by atoms with E-state index >= 15 is 0 Å². The lowest BCUT2D eigenvalue weighted by molar-refractivity contribution is -0.140. The van der Waals surface area contributed by atoms with Crippen LogP contribution in [0.1, 0.15) is 13.8 Å². The van der Waals surface area contributed by atoms with Crippen LogP contribution in [0.15, 0.2) is 0 Å². The standard InChI is InChI=1S/C6H11NO3/c1-3-10-5(4(2)8)6(7)9/h5H,3H2,1-2H3,(H2,7,9). The molecule has 0 aromatic carbocycles. The Morgan fingerprint density at radius 1 is 1.60 bits per heavy atom. The predicted molar refractivity (Wildman–Crippen MR) is 35.3 cm³/mol. The van der Waals surface area contributed by atoms with Gasteiger partial charge in [0.2, 0.25) is 0 Å². The van der Waals surface area contributed by atoms with Crippen molar-refractivity contribution < 1.29 is 14.3 Å². The highest BCUT2D eigenvalue weighted by Crippen LogP contribution is 1.91. The van der Waals surface area contributed by atoms with Crippen LogP contribution in [-0.4, -0.2) is 24.4 Å². The molecule has 4 heteroatoms. The van der Waals surface area contributed by atoms with Gasteiger partial charge in [-0.2, -0.15) is 0 Å². The molecule has 0 heterocycles. The number of rotatable bonds is 4. The number of Topliss-reactive ketones (excluding diaryl/α,β-unsaturated/α-hetero) is 1. The van der Waals surface area contributed by atoms with Gasteiger partial charge in [0, 0.05) is 6.61 Å². The third-order valence-corrected chi connectivity index (χ3v) is 0.961. The van der Waals surface area contributed by atoms with Gasteiger partial charge < -0.3 is 10.5 Å². The molecule has 0 radical (unpaired) electrons. The molecular formula is C6H11NO3. The van der Waals surface area contributed by atoms with E-state index in [9.17, 15) is 9.59 Å². The fourth-order valence-corrected chi connectivity index (χ4v) is 0.566. The van der Waals surface area contributed by atoms with Crippen molar-refractivity contribution in [3.05, 3.63) is 0 Å². The SMILES string of the molecule is CCOC(C(C)=O)C(N)=O. The molecule has 0 aliphatic carbocycles. The molecule has 1 atom stereocenters. The van der Waals surface area contributed by atoms with E-state index in [4.69, 9.17) is 10.5 Å². The molecule has 0 aliphatic rings. The Morgan fingerprint density at radius 2 is 2.10 bits per heavy atom. The summed E-state index contributed by atoms with van der Waals surface area (Å²) >= 11 is 0. The summed E-state index contributed by atoms with van der Waals surface area (Å²) in [4.78, 5) is 21.0. The second kappa shape index (κ2) is 4.00. The molecule has 0 aromatic rings. The van der Waals surface area contributed by atoms with E-state index in [2.05, 4.69) is 0 Å². The lowest BCUT2D eigenvalue weighted by atomic mass is 10.2. The molecule has 0 fully saturated rings. The maximum absolute atomic E-state index is 10.5. The monoisotopic (exact) mass is 145 g/mol. The lowest BCUT2D eigenvalue weighted by Gasteiger charge is -2.07. The molecule has 2 N–H and O–H groups in total. The molecule has 0 saturated heterocycles. The van der Waals surface area contributed by atoms with Crippen LogP contribution in [0.5, 0.6) is 0 Å². The summed E-state index contributed by atoms with van der Waals surface area (Å²) in [6.07, 6.45) is -1.06. The Balaban J connectivity index is 3.98. The van der Waals surface area contributed by atoms with E-state index < -0.39 is 12.0 Å². The van der Waals surface area contributed by atoms with Crippen molar-refractivity contribution >= 4 is 11.7 Å². The van der Waals surface area contributed by atoms with Gasteiger partial charge in [0.15, 0.2) is 11.9 Å². The van der Waals surface area contributed by atoms with E-state index in [0.29, 0.717) is 6.61 Å². The summed E-state index contributed by atoms with van der Waals surface area (Å²) in [5, 5.41) is 0. The van der Waals surface area contributed by atoms with Crippen molar-refractivity contribution in [1.29, 1.82) is 0 Å². The molecule has 10 heavy (non-hydrogen) atoms. The van der Waals surface area contributed by atoms with Crippen LogP contribution in [0, 0.1) is 0 Å². The van der Waals surface area contributed by atoms with Crippen molar-refractivity contribution in [2.75, 3.05) is 6.61 Å². The van der Waals surface area contributed by atoms with E-state index in [1.54, 1.807) is 6.92 Å². The zero-order valence-corrected chi connectivity index (χ0v) is 6.09. The summed E-state index contributed by atoms with van der Waals surface area (Å²) in [5.74, 6) is -1.08. The molecule has 58 valence electrons. The van der Waals surface area contributed by atoms with Crippen LogP contribution in [0.2, 0.25) is 0 Å². The van der Waals surface area contributed by atoms with Crippen LogP contribution in [0.3, 0.4) is 0 Å². The van der Waals surface area contributed by atoms with Gasteiger partial charge in [-0.15, -0.1) is 0 Å². The molecule has 0 aromatic heterocycles. The van der Waals surface area contributed by atoms with E-state index in [1.807, 2.05) is 0 Å². The third-order valence-electron chi connectivity index (χ3n) is 0.961. The van der Waals surface area contributed by atoms with Crippen LogP contribution in [0.25, 0.3) is 0 Å². The number of primary amides is 1. The highest BCUT2D eigenvalue weighted by atomic mass is 16.5. The molecule has 0 spiro atoms. The molecule has 1 unspecified atom stereocenters. The van der Waals surface area contributed by atoms with Crippen molar-refractivity contribution in [3.63, 3.8) is 0 Å². The summed E-state index contributed by atoms with van der Waals surface area (Å²) < 4.78 is 4.74. The van der Waals surface area contributed by atoms with Gasteiger partial charge in [0.1, 0.15) is 0 Å². The first-order valence-corrected chi connectivity index (χ1v) is 3.01. The van der Waals surface area contributed by atoms with Gasteiger partial charge in [-0.3, -0.25) is 9.59 Å². The minimum atomic E-state index is -1.06. The van der Waals surface area contributed by atoms with Crippen molar-refractivity contribution in [2.45, 2.75) is 20.0 Å². The Morgan fingerprint density at radius 3 is 2.20 bits per heavy atom. The Bertz CT molecular complexity index is 130. The Labute approximate surface area is 59.3 Å². The van der Waals surface area contributed by atoms with Crippen molar-refractivity contribution in [1.82, 2.24) is 0 Å². The maximum Gasteiger partial charge on any atom is 0.254 e. The van der Waals surface area contributed by atoms with Gasteiger partial charge in [-0.25, -0.2) is 0 Å². The largest absolute Gasteiger partial charge is 0.367 e. The van der Waals surface area contributed by atoms with Gasteiger partial charge in [-0.05, 0) is 13.8 Å². The van der Waals surface area contributed by atoms with Crippen LogP contribution < -0.4 is 5.73 Å². The van der Waals surface area contributed by atoms with Crippen LogP contribution in [-0.2, 0) is 14.3 Å². The van der Waals surface area contributed by atoms with Gasteiger partial charge >= 0.3 is 0 Å². The average molecular weight is 145 g/mol. The number of hydrogen-bond acceptors (Lipinski definition) is 3. The zero-order chi connectivity index (χ0) is 8.15. The highest BCUT2D eigenvalue weighted by molar-refractivity contribution is 6.02. The Kier molecular flexibility index (Phi) is 3.64. The van der Waals surface area contributed by atoms with Crippen LogP contribution >= 0.6 is 0 Å². The average Bonchev–Trinajstić information content (AvgIpc) is 1.81. The summed E-state index contributed by atoms with van der Waals surface area (Å²) in [6, 6.07) is 0. The minimum absolute atomic E-state index is 0.313. The number of hydrogen-bond donors (Lipinski definition) is 1. The van der Waals surface area contributed by atoms with Crippen LogP contribution in [0.4, 0.5) is 0 Å². The molecule has 0 saturated carbocycles. The molecular weight excluding hydrogens is 134 g/mol. The topological polar surface area (TPSA) is 69.4 Å². The molecule has 0 bridgehead atoms. The van der Waals surface area contributed by atoms with E-state index in [-0.39, 0.29) is 5.78 Å². The van der Waals surface area contributed by atoms with Gasteiger partial charge in [0.05, 0.1) is 0 Å². The molecule has 0 rings (SSSR count). The molecule has 4 nitrogen and oxygen atoms in total. The lowest BCUT2D eigenvalue weighted by Crippen LogP contribution is -2.36. The maximum atomic E-state index is 10.5. The third kappa shape index (κ3) is 2.59. The second-order valence-electron chi connectivity index (χ2n) is 1.85. The number of ketones is 1. The van der Waals surface area contributed by atoms with Crippen molar-refractivity contribution in [3.8, 4) is 0 Å². The number of ether oxygens (including phenoxy) is 1. The first-order valence-electron chi connectivity index (χ1n) is 3.01. The van der Waals surface area contributed by atoms with E-state index in [0.717, 1.165) is 0 Å². The first kappa shape index (κ1) is 9.10. The molecule has 0 aliphatic heterocycles. The fourth-order valence-electron chi connectivity index (χ4n) is 0.566. The summed E-state index contributed by atoms with van der Waals surface area (Å²) in [5.41, 5.74) is 4.84. The normalized spacial score (nSPS) is 12.6. The fraction of sp³-hybridized carbons (Fsp3) is 0.667. The highest BCUT2D eigenvalue weighted by Gasteiger charge is 2.19. The number of nitrogens with two attached hydrogens (primary N) is 1. The molecule has 1 amide bonds. The van der Waals surface area contributed by atoms with Crippen molar-refractivity contribution in [2.24, 2.45) is 5.73 Å². The quantitative estimate of drug-likeness (QED) is 0.540. The number of amides is 1.